The maximum atomic E-state index is 13.4. The van der Waals surface area contributed by atoms with Gasteiger partial charge in [-0.2, -0.15) is 0 Å². The van der Waals surface area contributed by atoms with E-state index in [1.165, 1.54) is 36.4 Å². The molecule has 0 aliphatic heterocycles. The Labute approximate surface area is 433 Å². The van der Waals surface area contributed by atoms with Gasteiger partial charge in [0.25, 0.3) is 0 Å². The normalized spacial score (nSPS) is 15.3. The first-order valence-electron chi connectivity index (χ1n) is 23.4. The van der Waals surface area contributed by atoms with Gasteiger partial charge in [0.1, 0.15) is 59.8 Å². The summed E-state index contributed by atoms with van der Waals surface area (Å²) in [7, 11) is 0. The molecular weight excluding hydrogens is 1010 g/mol. The smallest absolute Gasteiger partial charge is 0.326 e. The predicted molar refractivity (Wildman–Crippen MR) is 259 cm³/mol. The molecule has 20 N–H and O–H groups in total. The standard InChI is InChI=1S/C46H66N10O20/c1-4-21(2)36(55-38(67)27(47)13-23-5-9-25(62)10-6-23)44(73)54-33(20-60)42(71)53-32(19-59)41(70)52-31(18-58)40(69)50-28(15-35(65)66)39(68)48-16-34(64)49-30(17-57)43(72)56-37(22(3)61)45(74)51-29(46(75)76)14-24-7-11-26(63)12-8-24/h5-12,21-22,27-33,36-37,57-63H,4,13-20,47H2,1-3H3,(H,48,68)(H,49,64)(H,50,69)(H,51,74)(H,52,70)(H,53,71)(H,54,73)(H,55,67)(H,56,72)(H,65,66)(H,75,76)/t21-,22+,27-,28-,29-,30-,31-,32-,33-,36-,37-/m0/s1. The van der Waals surface area contributed by atoms with Crippen LogP contribution in [0.25, 0.3) is 0 Å². The van der Waals surface area contributed by atoms with Crippen LogP contribution >= 0.6 is 0 Å². The van der Waals surface area contributed by atoms with Gasteiger partial charge in [0.05, 0.1) is 51.5 Å². The largest absolute Gasteiger partial charge is 0.508 e. The molecule has 0 aliphatic carbocycles. The third kappa shape index (κ3) is 21.1. The topological polar surface area (TPSA) is 504 Å². The van der Waals surface area contributed by atoms with Crippen molar-refractivity contribution in [2.24, 2.45) is 11.7 Å². The summed E-state index contributed by atoms with van der Waals surface area (Å²) in [5, 5.41) is 107. The van der Waals surface area contributed by atoms with E-state index in [0.717, 1.165) is 6.92 Å². The van der Waals surface area contributed by atoms with Crippen LogP contribution in [0.4, 0.5) is 0 Å². The van der Waals surface area contributed by atoms with Crippen LogP contribution < -0.4 is 53.6 Å². The molecule has 0 fully saturated rings. The molecule has 30 heteroatoms. The average Bonchev–Trinajstić information content (AvgIpc) is 3.37. The van der Waals surface area contributed by atoms with Crippen LogP contribution in [-0.4, -0.2) is 205 Å². The number of aromatic hydroxyl groups is 2. The number of nitrogens with one attached hydrogen (secondary N) is 9. The van der Waals surface area contributed by atoms with E-state index >= 15 is 0 Å². The first-order valence-corrected chi connectivity index (χ1v) is 23.4. The number of phenols is 2. The van der Waals surface area contributed by atoms with E-state index in [1.807, 2.05) is 26.6 Å². The number of nitrogens with two attached hydrogens (primary N) is 1. The Morgan fingerprint density at radius 3 is 1.29 bits per heavy atom. The number of carbonyl (C=O) groups excluding carboxylic acids is 9. The maximum Gasteiger partial charge on any atom is 0.326 e. The number of carbonyl (C=O) groups is 11. The fourth-order valence-electron chi connectivity index (χ4n) is 6.70. The average molecular weight is 1080 g/mol. The van der Waals surface area contributed by atoms with Crippen molar-refractivity contribution in [3.8, 4) is 11.5 Å². The molecule has 0 radical (unpaired) electrons. The minimum absolute atomic E-state index is 0.0110. The zero-order valence-corrected chi connectivity index (χ0v) is 41.4. The molecule has 30 nitrogen and oxygen atoms in total. The highest BCUT2D eigenvalue weighted by Crippen LogP contribution is 2.14. The second kappa shape index (κ2) is 31.6. The van der Waals surface area contributed by atoms with Crippen molar-refractivity contribution in [1.82, 2.24) is 47.9 Å². The Bertz CT molecular complexity index is 2340. The van der Waals surface area contributed by atoms with Crippen LogP contribution in [0.2, 0.25) is 0 Å². The summed E-state index contributed by atoms with van der Waals surface area (Å²) in [6.07, 6.45) is -2.74. The number of hydrogen-bond acceptors (Lipinski definition) is 19. The lowest BCUT2D eigenvalue weighted by Crippen LogP contribution is -2.62. The summed E-state index contributed by atoms with van der Waals surface area (Å²) in [6, 6.07) is -4.30. The molecule has 2 aromatic rings. The lowest BCUT2D eigenvalue weighted by molar-refractivity contribution is -0.143. The molecule has 0 aliphatic rings. The Morgan fingerprint density at radius 1 is 0.487 bits per heavy atom. The summed E-state index contributed by atoms with van der Waals surface area (Å²) in [4.78, 5) is 141. The van der Waals surface area contributed by atoms with Crippen LogP contribution in [-0.2, 0) is 65.6 Å². The quantitative estimate of drug-likeness (QED) is 0.0324. The molecular formula is C46H66N10O20. The molecule has 0 saturated carbocycles. The number of aliphatic hydroxyl groups excluding tert-OH is 5. The SMILES string of the molecule is CC[C@H](C)[C@H](NC(=O)[C@@H](N)Cc1ccc(O)cc1)C(=O)N[C@@H](CO)C(=O)N[C@@H](CO)C(=O)N[C@@H](CO)C(=O)N[C@@H](CC(=O)O)C(=O)NCC(=O)N[C@@H](CO)C(=O)N[C@H](C(=O)N[C@@H](Cc1ccc(O)cc1)C(=O)O)[C@@H](C)O. The summed E-state index contributed by atoms with van der Waals surface area (Å²) >= 11 is 0. The molecule has 0 spiro atoms. The minimum atomic E-state index is -2.03. The van der Waals surface area contributed by atoms with Gasteiger partial charge in [-0.25, -0.2) is 4.79 Å². The van der Waals surface area contributed by atoms with Crippen molar-refractivity contribution < 1.29 is 98.7 Å². The zero-order chi connectivity index (χ0) is 57.4. The lowest BCUT2D eigenvalue weighted by atomic mass is 9.97. The molecule has 2 aromatic carbocycles. The number of carboxylic acids is 2. The zero-order valence-electron chi connectivity index (χ0n) is 41.4. The summed E-state index contributed by atoms with van der Waals surface area (Å²) in [5.74, 6) is -14.6. The Kier molecular flexibility index (Phi) is 26.7. The molecule has 0 unspecified atom stereocenters. The van der Waals surface area contributed by atoms with Gasteiger partial charge in [-0.1, -0.05) is 44.5 Å². The van der Waals surface area contributed by atoms with E-state index in [-0.39, 0.29) is 24.3 Å². The third-order valence-electron chi connectivity index (χ3n) is 11.3. The van der Waals surface area contributed by atoms with Crippen LogP contribution in [0.5, 0.6) is 11.5 Å². The van der Waals surface area contributed by atoms with E-state index in [4.69, 9.17) is 5.73 Å². The van der Waals surface area contributed by atoms with Crippen molar-refractivity contribution in [2.75, 3.05) is 33.0 Å². The van der Waals surface area contributed by atoms with Gasteiger partial charge in [-0.3, -0.25) is 47.9 Å². The number of aliphatic hydroxyl groups is 5. The monoisotopic (exact) mass is 1080 g/mol. The Balaban J connectivity index is 2.05. The summed E-state index contributed by atoms with van der Waals surface area (Å²) in [6.45, 7) is -1.29. The third-order valence-corrected chi connectivity index (χ3v) is 11.3. The highest BCUT2D eigenvalue weighted by atomic mass is 16.4. The summed E-state index contributed by atoms with van der Waals surface area (Å²) in [5.41, 5.74) is 7.04. The van der Waals surface area contributed by atoms with Crippen molar-refractivity contribution in [3.63, 3.8) is 0 Å². The lowest BCUT2D eigenvalue weighted by Gasteiger charge is -2.27. The van der Waals surface area contributed by atoms with Crippen molar-refractivity contribution in [3.05, 3.63) is 59.7 Å². The molecule has 0 bridgehead atoms. The second-order valence-corrected chi connectivity index (χ2v) is 17.3. The molecule has 2 rings (SSSR count). The van der Waals surface area contributed by atoms with Crippen molar-refractivity contribution in [2.45, 2.75) is 107 Å². The van der Waals surface area contributed by atoms with Crippen molar-refractivity contribution >= 4 is 65.1 Å². The van der Waals surface area contributed by atoms with E-state index in [9.17, 15) is 98.7 Å². The molecule has 0 heterocycles. The van der Waals surface area contributed by atoms with E-state index in [1.54, 1.807) is 26.0 Å². The van der Waals surface area contributed by atoms with Gasteiger partial charge in [-0.15, -0.1) is 0 Å². The van der Waals surface area contributed by atoms with Crippen LogP contribution in [0.3, 0.4) is 0 Å². The van der Waals surface area contributed by atoms with Gasteiger partial charge in [0.15, 0.2) is 0 Å². The predicted octanol–water partition coefficient (Wildman–Crippen LogP) is -7.84. The van der Waals surface area contributed by atoms with Crippen molar-refractivity contribution in [1.29, 1.82) is 0 Å². The summed E-state index contributed by atoms with van der Waals surface area (Å²) < 4.78 is 0. The van der Waals surface area contributed by atoms with Gasteiger partial charge in [-0.05, 0) is 54.7 Å². The van der Waals surface area contributed by atoms with Gasteiger partial charge in [0, 0.05) is 6.42 Å². The number of amides is 9. The molecule has 0 saturated heterocycles. The van der Waals surface area contributed by atoms with Crippen LogP contribution in [0, 0.1) is 5.92 Å². The molecule has 0 aromatic heterocycles. The van der Waals surface area contributed by atoms with E-state index in [0.29, 0.717) is 17.5 Å². The highest BCUT2D eigenvalue weighted by Gasteiger charge is 2.36. The molecule has 76 heavy (non-hydrogen) atoms. The maximum absolute atomic E-state index is 13.4. The number of hydrogen-bond donors (Lipinski definition) is 19. The fourth-order valence-corrected chi connectivity index (χ4v) is 6.70. The van der Waals surface area contributed by atoms with E-state index in [2.05, 4.69) is 21.3 Å². The van der Waals surface area contributed by atoms with Gasteiger partial charge < -0.3 is 99.5 Å². The number of aliphatic carboxylic acids is 2. The van der Waals surface area contributed by atoms with Crippen LogP contribution in [0.15, 0.2) is 48.5 Å². The molecule has 11 atom stereocenters. The van der Waals surface area contributed by atoms with Crippen LogP contribution in [0.1, 0.15) is 44.7 Å². The molecule has 420 valence electrons. The first kappa shape index (κ1) is 64.1. The van der Waals surface area contributed by atoms with Gasteiger partial charge in [0.2, 0.25) is 53.2 Å². The van der Waals surface area contributed by atoms with E-state index < -0.39 is 171 Å². The number of carboxylic acid groups (broad SMARTS) is 2. The second-order valence-electron chi connectivity index (χ2n) is 17.3. The fraction of sp³-hybridized carbons (Fsp3) is 0.500. The van der Waals surface area contributed by atoms with Gasteiger partial charge >= 0.3 is 11.9 Å². The number of phenolic OH excluding ortho intramolecular Hbond substituents is 2. The minimum Gasteiger partial charge on any atom is -0.508 e. The Hall–Kier alpha value is -8.03. The number of rotatable bonds is 32. The first-order chi connectivity index (χ1) is 35.8. The Morgan fingerprint density at radius 2 is 0.868 bits per heavy atom. The molecule has 9 amide bonds. The number of benzene rings is 2. The highest BCUT2D eigenvalue weighted by molar-refractivity contribution is 5.99.